The normalized spacial score (nSPS) is 22.3. The van der Waals surface area contributed by atoms with Crippen molar-refractivity contribution in [2.45, 2.75) is 36.6 Å². The number of fused-ring (bicyclic) bond motifs is 1. The molecular formula is C21H24Cl2N2O4S. The quantitative estimate of drug-likeness (QED) is 0.517. The minimum atomic E-state index is -3.64. The third-order valence-electron chi connectivity index (χ3n) is 6.04. The Morgan fingerprint density at radius 1 is 1.13 bits per heavy atom. The first-order chi connectivity index (χ1) is 14.3. The second kappa shape index (κ2) is 8.65. The van der Waals surface area contributed by atoms with Gasteiger partial charge in [-0.3, -0.25) is 5.26 Å². The van der Waals surface area contributed by atoms with E-state index in [4.69, 9.17) is 28.5 Å². The standard InChI is InChI=1S/C21H24Cl2N2O4S/c1-14-12-24(17-5-7-20(22)21(23)10-17)8-9-25(14)30(27,28)18-6-4-15-2-3-16(13-29-26)19(15)11-18/h4-7,10-11,14,16,26H,2-3,8-9,12-13H2,1H3/t14-,16?/m0/s1. The fraction of sp³-hybridized carbons (Fsp3) is 0.429. The Morgan fingerprint density at radius 3 is 2.63 bits per heavy atom. The molecule has 2 aliphatic rings. The summed E-state index contributed by atoms with van der Waals surface area (Å²) in [5, 5.41) is 9.80. The van der Waals surface area contributed by atoms with Crippen LogP contribution in [0.4, 0.5) is 5.69 Å². The van der Waals surface area contributed by atoms with Crippen LogP contribution in [-0.2, 0) is 21.3 Å². The fourth-order valence-corrected chi connectivity index (χ4v) is 6.38. The molecule has 1 N–H and O–H groups in total. The van der Waals surface area contributed by atoms with Gasteiger partial charge in [-0.25, -0.2) is 13.3 Å². The lowest BCUT2D eigenvalue weighted by Gasteiger charge is -2.40. The van der Waals surface area contributed by atoms with Gasteiger partial charge in [0.2, 0.25) is 10.0 Å². The van der Waals surface area contributed by atoms with E-state index in [-0.39, 0.29) is 18.6 Å². The van der Waals surface area contributed by atoms with Gasteiger partial charge in [0.25, 0.3) is 0 Å². The van der Waals surface area contributed by atoms with Gasteiger partial charge in [-0.1, -0.05) is 29.3 Å². The van der Waals surface area contributed by atoms with Crippen LogP contribution < -0.4 is 4.90 Å². The maximum atomic E-state index is 13.4. The van der Waals surface area contributed by atoms with Crippen LogP contribution in [-0.4, -0.2) is 50.3 Å². The van der Waals surface area contributed by atoms with E-state index in [0.717, 1.165) is 29.7 Å². The van der Waals surface area contributed by atoms with E-state index in [9.17, 15) is 8.42 Å². The number of benzene rings is 2. The van der Waals surface area contributed by atoms with Crippen molar-refractivity contribution >= 4 is 38.9 Å². The van der Waals surface area contributed by atoms with Crippen LogP contribution in [0, 0.1) is 0 Å². The predicted octanol–water partition coefficient (Wildman–Crippen LogP) is 4.41. The van der Waals surface area contributed by atoms with Gasteiger partial charge in [-0.2, -0.15) is 4.31 Å². The van der Waals surface area contributed by atoms with Gasteiger partial charge in [-0.15, -0.1) is 0 Å². The molecule has 1 aliphatic heterocycles. The molecule has 9 heteroatoms. The van der Waals surface area contributed by atoms with Crippen molar-refractivity contribution in [2.24, 2.45) is 0 Å². The number of aryl methyl sites for hydroxylation is 1. The van der Waals surface area contributed by atoms with Crippen LogP contribution in [0.15, 0.2) is 41.3 Å². The molecule has 0 aromatic heterocycles. The molecule has 0 spiro atoms. The Kier molecular flexibility index (Phi) is 6.30. The van der Waals surface area contributed by atoms with E-state index < -0.39 is 10.0 Å². The number of rotatable bonds is 5. The highest BCUT2D eigenvalue weighted by Crippen LogP contribution is 2.36. The Bertz CT molecular complexity index is 1050. The van der Waals surface area contributed by atoms with E-state index in [1.54, 1.807) is 22.5 Å². The van der Waals surface area contributed by atoms with Crippen molar-refractivity contribution in [3.8, 4) is 0 Å². The summed E-state index contributed by atoms with van der Waals surface area (Å²) in [4.78, 5) is 6.74. The molecule has 1 heterocycles. The largest absolute Gasteiger partial charge is 0.369 e. The number of halogens is 2. The number of hydrogen-bond donors (Lipinski definition) is 1. The Hall–Kier alpha value is -1.35. The van der Waals surface area contributed by atoms with Crippen molar-refractivity contribution in [1.82, 2.24) is 4.31 Å². The van der Waals surface area contributed by atoms with Crippen molar-refractivity contribution in [3.05, 3.63) is 57.6 Å². The number of anilines is 1. The first-order valence-corrected chi connectivity index (χ1v) is 12.1. The highest BCUT2D eigenvalue weighted by Gasteiger charge is 2.35. The van der Waals surface area contributed by atoms with E-state index in [1.807, 2.05) is 25.1 Å². The number of hydrogen-bond acceptors (Lipinski definition) is 5. The van der Waals surface area contributed by atoms with Gasteiger partial charge >= 0.3 is 0 Å². The van der Waals surface area contributed by atoms with E-state index in [2.05, 4.69) is 9.79 Å². The molecule has 2 aromatic carbocycles. The van der Waals surface area contributed by atoms with Gasteiger partial charge in [0.15, 0.2) is 0 Å². The molecule has 0 bridgehead atoms. The summed E-state index contributed by atoms with van der Waals surface area (Å²) in [5.41, 5.74) is 3.00. The zero-order chi connectivity index (χ0) is 21.5. The average molecular weight is 471 g/mol. The molecule has 0 amide bonds. The summed E-state index contributed by atoms with van der Waals surface area (Å²) in [7, 11) is -3.64. The molecular weight excluding hydrogens is 447 g/mol. The first-order valence-electron chi connectivity index (χ1n) is 9.92. The van der Waals surface area contributed by atoms with Crippen LogP contribution in [0.1, 0.15) is 30.4 Å². The SMILES string of the molecule is C[C@H]1CN(c2ccc(Cl)c(Cl)c2)CCN1S(=O)(=O)c1ccc2c(c1)C(COO)CC2. The van der Waals surface area contributed by atoms with Crippen LogP contribution >= 0.6 is 23.2 Å². The average Bonchev–Trinajstić information content (AvgIpc) is 3.12. The minimum Gasteiger partial charge on any atom is -0.369 e. The lowest BCUT2D eigenvalue weighted by Crippen LogP contribution is -2.54. The summed E-state index contributed by atoms with van der Waals surface area (Å²) >= 11 is 12.2. The van der Waals surface area contributed by atoms with Crippen LogP contribution in [0.5, 0.6) is 0 Å². The van der Waals surface area contributed by atoms with Gasteiger partial charge < -0.3 is 4.90 Å². The van der Waals surface area contributed by atoms with Gasteiger partial charge in [0, 0.05) is 37.3 Å². The maximum absolute atomic E-state index is 13.4. The molecule has 4 rings (SSSR count). The molecule has 1 unspecified atom stereocenters. The third kappa shape index (κ3) is 4.07. The van der Waals surface area contributed by atoms with Crippen LogP contribution in [0.25, 0.3) is 0 Å². The lowest BCUT2D eigenvalue weighted by atomic mass is 10.0. The second-order valence-electron chi connectivity index (χ2n) is 7.90. The van der Waals surface area contributed by atoms with Gasteiger partial charge in [-0.05, 0) is 61.2 Å². The molecule has 2 atom stereocenters. The van der Waals surface area contributed by atoms with Crippen molar-refractivity contribution in [3.63, 3.8) is 0 Å². The van der Waals surface area contributed by atoms with E-state index in [0.29, 0.717) is 34.6 Å². The highest BCUT2D eigenvalue weighted by molar-refractivity contribution is 7.89. The summed E-state index contributed by atoms with van der Waals surface area (Å²) in [6.45, 7) is 3.59. The number of sulfonamides is 1. The minimum absolute atomic E-state index is 0.0177. The Labute approximate surface area is 186 Å². The number of piperazine rings is 1. The van der Waals surface area contributed by atoms with Crippen LogP contribution in [0.2, 0.25) is 10.0 Å². The smallest absolute Gasteiger partial charge is 0.243 e. The fourth-order valence-electron chi connectivity index (χ4n) is 4.44. The Morgan fingerprint density at radius 2 is 1.93 bits per heavy atom. The monoisotopic (exact) mass is 470 g/mol. The summed E-state index contributed by atoms with van der Waals surface area (Å²) in [6, 6.07) is 10.6. The van der Waals surface area contributed by atoms with Crippen molar-refractivity contribution in [1.29, 1.82) is 0 Å². The lowest BCUT2D eigenvalue weighted by molar-refractivity contribution is -0.245. The first kappa shape index (κ1) is 21.9. The molecule has 2 aromatic rings. The molecule has 1 aliphatic carbocycles. The molecule has 6 nitrogen and oxygen atoms in total. The molecule has 1 fully saturated rings. The second-order valence-corrected chi connectivity index (χ2v) is 10.6. The summed E-state index contributed by atoms with van der Waals surface area (Å²) in [5.74, 6) is 0.0177. The number of nitrogens with zero attached hydrogens (tertiary/aromatic N) is 2. The molecule has 0 radical (unpaired) electrons. The molecule has 162 valence electrons. The van der Waals surface area contributed by atoms with Crippen molar-refractivity contribution < 1.29 is 18.6 Å². The molecule has 1 saturated heterocycles. The zero-order valence-corrected chi connectivity index (χ0v) is 18.9. The summed E-state index contributed by atoms with van der Waals surface area (Å²) < 4.78 is 28.3. The van der Waals surface area contributed by atoms with Gasteiger partial charge in [0.1, 0.15) is 0 Å². The van der Waals surface area contributed by atoms with E-state index in [1.165, 1.54) is 0 Å². The Balaban J connectivity index is 1.54. The predicted molar refractivity (Wildman–Crippen MR) is 118 cm³/mol. The van der Waals surface area contributed by atoms with E-state index >= 15 is 0 Å². The molecule has 30 heavy (non-hydrogen) atoms. The topological polar surface area (TPSA) is 70.1 Å². The van der Waals surface area contributed by atoms with Gasteiger partial charge in [0.05, 0.1) is 21.5 Å². The third-order valence-corrected chi connectivity index (χ3v) is 8.79. The highest BCUT2D eigenvalue weighted by atomic mass is 35.5. The molecule has 0 saturated carbocycles. The van der Waals surface area contributed by atoms with Crippen molar-refractivity contribution in [2.75, 3.05) is 31.1 Å². The zero-order valence-electron chi connectivity index (χ0n) is 16.6. The van der Waals surface area contributed by atoms with Crippen LogP contribution in [0.3, 0.4) is 0 Å². The summed E-state index contributed by atoms with van der Waals surface area (Å²) in [6.07, 6.45) is 1.71. The maximum Gasteiger partial charge on any atom is 0.243 e.